The normalized spacial score (nSPS) is 17.3. The number of hydrogen-bond donors (Lipinski definition) is 0. The van der Waals surface area contributed by atoms with Crippen LogP contribution in [0.3, 0.4) is 0 Å². The van der Waals surface area contributed by atoms with E-state index < -0.39 is 0 Å². The van der Waals surface area contributed by atoms with E-state index in [0.717, 1.165) is 30.7 Å². The van der Waals surface area contributed by atoms with Crippen LogP contribution in [0.25, 0.3) is 0 Å². The van der Waals surface area contributed by atoms with Crippen molar-refractivity contribution in [1.29, 1.82) is 0 Å². The van der Waals surface area contributed by atoms with Crippen molar-refractivity contribution in [3.05, 3.63) is 29.8 Å². The highest BCUT2D eigenvalue weighted by molar-refractivity contribution is 5.79. The molecule has 0 N–H and O–H groups in total. The summed E-state index contributed by atoms with van der Waals surface area (Å²) < 4.78 is 5.82. The van der Waals surface area contributed by atoms with Crippen LogP contribution in [-0.4, -0.2) is 41.2 Å². The second-order valence-electron chi connectivity index (χ2n) is 6.85. The van der Waals surface area contributed by atoms with Gasteiger partial charge in [0.05, 0.1) is 5.92 Å². The summed E-state index contributed by atoms with van der Waals surface area (Å²) in [7, 11) is 0. The summed E-state index contributed by atoms with van der Waals surface area (Å²) in [6.45, 7) is 12.0. The summed E-state index contributed by atoms with van der Waals surface area (Å²) in [5.41, 5.74) is 1.13. The molecule has 0 spiro atoms. The molecule has 1 atom stereocenters. The van der Waals surface area contributed by atoms with E-state index in [1.54, 1.807) is 0 Å². The van der Waals surface area contributed by atoms with Crippen LogP contribution in [-0.2, 0) is 11.2 Å². The lowest BCUT2D eigenvalue weighted by Crippen LogP contribution is -2.56. The average Bonchev–Trinajstić information content (AvgIpc) is 2.53. The van der Waals surface area contributed by atoms with E-state index in [-0.39, 0.29) is 17.9 Å². The van der Waals surface area contributed by atoms with Crippen molar-refractivity contribution in [2.75, 3.05) is 13.2 Å². The summed E-state index contributed by atoms with van der Waals surface area (Å²) in [5.74, 6) is 0.990. The Morgan fingerprint density at radius 3 is 2.52 bits per heavy atom. The van der Waals surface area contributed by atoms with Gasteiger partial charge in [0, 0.05) is 18.6 Å². The van der Waals surface area contributed by atoms with Crippen molar-refractivity contribution in [3.63, 3.8) is 0 Å². The molecule has 4 nitrogen and oxygen atoms in total. The van der Waals surface area contributed by atoms with Gasteiger partial charge in [-0.1, -0.05) is 25.1 Å². The first-order valence-electron chi connectivity index (χ1n) is 8.76. The lowest BCUT2D eigenvalue weighted by Gasteiger charge is -2.42. The number of amides is 1. The largest absolute Gasteiger partial charge is 0.492 e. The zero-order valence-electron chi connectivity index (χ0n) is 15.1. The molecule has 0 fully saturated rings. The number of fused-ring (bicyclic) bond motifs is 1. The Bertz CT molecular complexity index is 528. The molecule has 0 radical (unpaired) electrons. The van der Waals surface area contributed by atoms with E-state index in [2.05, 4.69) is 45.7 Å². The Labute approximate surface area is 140 Å². The van der Waals surface area contributed by atoms with Gasteiger partial charge in [0.2, 0.25) is 5.91 Å². The maximum atomic E-state index is 13.2. The Morgan fingerprint density at radius 1 is 1.22 bits per heavy atom. The fourth-order valence-electron chi connectivity index (χ4n) is 3.20. The summed E-state index contributed by atoms with van der Waals surface area (Å²) in [6.07, 6.45) is 1.79. The fraction of sp³-hybridized carbons (Fsp3) is 0.632. The van der Waals surface area contributed by atoms with E-state index >= 15 is 0 Å². The van der Waals surface area contributed by atoms with Gasteiger partial charge < -0.3 is 4.74 Å². The topological polar surface area (TPSA) is 32.8 Å². The molecule has 128 valence electrons. The van der Waals surface area contributed by atoms with E-state index in [0.29, 0.717) is 12.6 Å². The van der Waals surface area contributed by atoms with Crippen molar-refractivity contribution >= 4 is 5.91 Å². The van der Waals surface area contributed by atoms with Crippen LogP contribution >= 0.6 is 0 Å². The molecule has 1 heterocycles. The molecule has 4 heteroatoms. The van der Waals surface area contributed by atoms with Gasteiger partial charge in [-0.2, -0.15) is 0 Å². The van der Waals surface area contributed by atoms with Crippen LogP contribution in [0.15, 0.2) is 24.3 Å². The third-order valence-corrected chi connectivity index (χ3v) is 4.27. The van der Waals surface area contributed by atoms with Crippen molar-refractivity contribution in [1.82, 2.24) is 10.0 Å². The van der Waals surface area contributed by atoms with E-state index in [1.807, 2.05) is 23.2 Å². The predicted molar refractivity (Wildman–Crippen MR) is 93.2 cm³/mol. The lowest BCUT2D eigenvalue weighted by molar-refractivity contribution is -0.164. The predicted octanol–water partition coefficient (Wildman–Crippen LogP) is 3.51. The minimum Gasteiger partial charge on any atom is -0.492 e. The zero-order chi connectivity index (χ0) is 17.0. The van der Waals surface area contributed by atoms with Gasteiger partial charge in [0.25, 0.3) is 0 Å². The van der Waals surface area contributed by atoms with Gasteiger partial charge in [0.1, 0.15) is 12.4 Å². The van der Waals surface area contributed by atoms with Crippen LogP contribution in [0.4, 0.5) is 0 Å². The van der Waals surface area contributed by atoms with Crippen LogP contribution < -0.4 is 4.74 Å². The van der Waals surface area contributed by atoms with Crippen molar-refractivity contribution in [3.8, 4) is 5.75 Å². The molecule has 2 rings (SSSR count). The molecule has 0 saturated carbocycles. The summed E-state index contributed by atoms with van der Waals surface area (Å²) >= 11 is 0. The summed E-state index contributed by atoms with van der Waals surface area (Å²) in [5, 5.41) is 4.16. The highest BCUT2D eigenvalue weighted by Gasteiger charge is 2.34. The number of hydrazine groups is 1. The molecule has 1 unspecified atom stereocenters. The smallest absolute Gasteiger partial charge is 0.244 e. The number of benzene rings is 1. The Hall–Kier alpha value is -1.55. The number of rotatable bonds is 6. The van der Waals surface area contributed by atoms with Crippen molar-refractivity contribution in [2.45, 2.75) is 59.5 Å². The number of nitrogens with zero attached hydrogens (tertiary/aromatic N) is 2. The van der Waals surface area contributed by atoms with E-state index in [1.165, 1.54) is 0 Å². The molecule has 0 aliphatic carbocycles. The molecule has 0 bridgehead atoms. The van der Waals surface area contributed by atoms with Crippen molar-refractivity contribution in [2.24, 2.45) is 5.92 Å². The lowest BCUT2D eigenvalue weighted by atomic mass is 9.95. The first-order chi connectivity index (χ1) is 11.0. The number of para-hydroxylation sites is 1. The number of carbonyl (C=O) groups excluding carboxylic acids is 1. The second-order valence-corrected chi connectivity index (χ2v) is 6.85. The molecule has 1 aliphatic rings. The molecule has 1 aromatic carbocycles. The minimum absolute atomic E-state index is 0.106. The highest BCUT2D eigenvalue weighted by Crippen LogP contribution is 2.28. The third-order valence-electron chi connectivity index (χ3n) is 4.27. The molecule has 1 aliphatic heterocycles. The van der Waals surface area contributed by atoms with E-state index in [4.69, 9.17) is 4.74 Å². The number of carbonyl (C=O) groups is 1. The number of hydrogen-bond acceptors (Lipinski definition) is 3. The molecular formula is C19H30N2O2. The van der Waals surface area contributed by atoms with Gasteiger partial charge in [-0.05, 0) is 52.2 Å². The van der Waals surface area contributed by atoms with Crippen LogP contribution in [0.1, 0.15) is 46.6 Å². The quantitative estimate of drug-likeness (QED) is 0.753. The Balaban J connectivity index is 2.18. The Kier molecular flexibility index (Phi) is 6.05. The first kappa shape index (κ1) is 17.8. The summed E-state index contributed by atoms with van der Waals surface area (Å²) in [4.78, 5) is 13.2. The maximum Gasteiger partial charge on any atom is 0.244 e. The first-order valence-corrected chi connectivity index (χ1v) is 8.76. The second kappa shape index (κ2) is 7.82. The Morgan fingerprint density at radius 2 is 1.91 bits per heavy atom. The average molecular weight is 318 g/mol. The highest BCUT2D eigenvalue weighted by atomic mass is 16.5. The summed E-state index contributed by atoms with van der Waals surface area (Å²) in [6, 6.07) is 8.47. The maximum absolute atomic E-state index is 13.2. The molecular weight excluding hydrogens is 288 g/mol. The van der Waals surface area contributed by atoms with Gasteiger partial charge in [-0.3, -0.25) is 9.80 Å². The third kappa shape index (κ3) is 4.05. The zero-order valence-corrected chi connectivity index (χ0v) is 15.1. The van der Waals surface area contributed by atoms with E-state index in [9.17, 15) is 4.79 Å². The minimum atomic E-state index is -0.106. The van der Waals surface area contributed by atoms with Gasteiger partial charge in [-0.25, -0.2) is 5.01 Å². The molecule has 1 amide bonds. The van der Waals surface area contributed by atoms with Gasteiger partial charge in [-0.15, -0.1) is 0 Å². The monoisotopic (exact) mass is 318 g/mol. The SMILES string of the molecule is CCCN(C(C)C)N(C(=O)C1COc2ccccc2C1)C(C)C. The molecule has 23 heavy (non-hydrogen) atoms. The standard InChI is InChI=1S/C19H30N2O2/c1-6-11-20(14(2)3)21(15(4)5)19(22)17-12-16-9-7-8-10-18(16)23-13-17/h7-10,14-15,17H,6,11-13H2,1-5H3. The molecule has 1 aromatic rings. The van der Waals surface area contributed by atoms with Crippen LogP contribution in [0.2, 0.25) is 0 Å². The van der Waals surface area contributed by atoms with Gasteiger partial charge >= 0.3 is 0 Å². The van der Waals surface area contributed by atoms with Crippen LogP contribution in [0, 0.1) is 5.92 Å². The number of ether oxygens (including phenoxy) is 1. The van der Waals surface area contributed by atoms with Crippen molar-refractivity contribution < 1.29 is 9.53 Å². The molecule has 0 aromatic heterocycles. The van der Waals surface area contributed by atoms with Gasteiger partial charge in [0.15, 0.2) is 0 Å². The van der Waals surface area contributed by atoms with Crippen LogP contribution in [0.5, 0.6) is 5.75 Å². The molecule has 0 saturated heterocycles. The fourth-order valence-corrected chi connectivity index (χ4v) is 3.20.